The quantitative estimate of drug-likeness (QED) is 0.150. The van der Waals surface area contributed by atoms with Gasteiger partial charge in [-0.05, 0) is 18.6 Å². The van der Waals surface area contributed by atoms with Crippen molar-refractivity contribution in [2.75, 3.05) is 6.61 Å². The van der Waals surface area contributed by atoms with Gasteiger partial charge in [-0.1, -0.05) is 115 Å². The van der Waals surface area contributed by atoms with Gasteiger partial charge in [0.05, 0.1) is 12.2 Å². The molecule has 0 unspecified atom stereocenters. The van der Waals surface area contributed by atoms with Crippen LogP contribution >= 0.6 is 12.6 Å². The Hall–Kier alpha value is -0.960. The average molecular weight is 407 g/mol. The molecule has 1 rings (SSSR count). The third-order valence-corrected chi connectivity index (χ3v) is 5.74. The van der Waals surface area contributed by atoms with Crippen LogP contribution in [0.15, 0.2) is 29.2 Å². The first kappa shape index (κ1) is 25.1. The van der Waals surface area contributed by atoms with Crippen LogP contribution in [0.1, 0.15) is 120 Å². The number of hydrogen-bond acceptors (Lipinski definition) is 3. The smallest absolute Gasteiger partial charge is 0.339 e. The maximum absolute atomic E-state index is 12.0. The number of esters is 1. The largest absolute Gasteiger partial charge is 0.462 e. The van der Waals surface area contributed by atoms with Gasteiger partial charge in [0.2, 0.25) is 0 Å². The summed E-state index contributed by atoms with van der Waals surface area (Å²) in [5.74, 6) is -0.258. The number of rotatable bonds is 18. The monoisotopic (exact) mass is 406 g/mol. The lowest BCUT2D eigenvalue weighted by atomic mass is 10.0. The topological polar surface area (TPSA) is 26.3 Å². The Morgan fingerprint density at radius 1 is 0.714 bits per heavy atom. The molecule has 0 aliphatic carbocycles. The first-order valence-corrected chi connectivity index (χ1v) is 12.2. The van der Waals surface area contributed by atoms with Gasteiger partial charge in [0, 0.05) is 4.90 Å². The van der Waals surface area contributed by atoms with Crippen LogP contribution in [0.25, 0.3) is 0 Å². The minimum Gasteiger partial charge on any atom is -0.462 e. The van der Waals surface area contributed by atoms with E-state index in [4.69, 9.17) is 4.74 Å². The van der Waals surface area contributed by atoms with E-state index >= 15 is 0 Å². The van der Waals surface area contributed by atoms with E-state index in [-0.39, 0.29) is 5.97 Å². The maximum atomic E-state index is 12.0. The van der Waals surface area contributed by atoms with Crippen molar-refractivity contribution < 1.29 is 9.53 Å². The first-order valence-electron chi connectivity index (χ1n) is 11.7. The van der Waals surface area contributed by atoms with E-state index in [2.05, 4.69) is 19.6 Å². The van der Waals surface area contributed by atoms with Crippen LogP contribution in [0.3, 0.4) is 0 Å². The van der Waals surface area contributed by atoms with Crippen LogP contribution in [0.4, 0.5) is 0 Å². The van der Waals surface area contributed by atoms with Gasteiger partial charge in [0.25, 0.3) is 0 Å². The number of carbonyl (C=O) groups is 1. The molecular formula is C25H42O2S. The minimum absolute atomic E-state index is 0.258. The standard InChI is InChI=1S/C25H42O2S/c1-2-3-4-5-6-7-8-9-10-11-12-13-14-15-16-19-22-27-25(26)23-20-17-18-21-24(23)28/h17-18,20-21,28H,2-16,19,22H2,1H3. The average Bonchev–Trinajstić information content (AvgIpc) is 2.70. The predicted octanol–water partition coefficient (Wildman–Crippen LogP) is 8.39. The third kappa shape index (κ3) is 13.3. The van der Waals surface area contributed by atoms with E-state index in [0.717, 1.165) is 12.8 Å². The molecule has 0 saturated heterocycles. The molecular weight excluding hydrogens is 364 g/mol. The second kappa shape index (κ2) is 18.1. The Morgan fingerprint density at radius 3 is 1.61 bits per heavy atom. The zero-order chi connectivity index (χ0) is 20.3. The van der Waals surface area contributed by atoms with Crippen LogP contribution in [0.2, 0.25) is 0 Å². The molecule has 0 N–H and O–H groups in total. The molecule has 0 aliphatic heterocycles. The fourth-order valence-corrected chi connectivity index (χ4v) is 3.79. The van der Waals surface area contributed by atoms with Gasteiger partial charge in [-0.25, -0.2) is 4.79 Å². The Morgan fingerprint density at radius 2 is 1.14 bits per heavy atom. The van der Waals surface area contributed by atoms with Crippen LogP contribution in [-0.4, -0.2) is 12.6 Å². The van der Waals surface area contributed by atoms with Crippen molar-refractivity contribution in [1.29, 1.82) is 0 Å². The number of carbonyl (C=O) groups excluding carboxylic acids is 1. The molecule has 160 valence electrons. The molecule has 28 heavy (non-hydrogen) atoms. The van der Waals surface area contributed by atoms with Crippen molar-refractivity contribution in [2.24, 2.45) is 0 Å². The van der Waals surface area contributed by atoms with Crippen LogP contribution < -0.4 is 0 Å². The first-order chi connectivity index (χ1) is 13.8. The lowest BCUT2D eigenvalue weighted by Crippen LogP contribution is -2.07. The molecule has 1 aromatic carbocycles. The Bertz CT molecular complexity index is 501. The highest BCUT2D eigenvalue weighted by molar-refractivity contribution is 7.80. The molecule has 2 nitrogen and oxygen atoms in total. The predicted molar refractivity (Wildman–Crippen MR) is 124 cm³/mol. The Labute approximate surface area is 179 Å². The Kier molecular flexibility index (Phi) is 16.2. The summed E-state index contributed by atoms with van der Waals surface area (Å²) in [6.07, 6.45) is 21.6. The van der Waals surface area contributed by atoms with Gasteiger partial charge < -0.3 is 4.74 Å². The highest BCUT2D eigenvalue weighted by atomic mass is 32.1. The summed E-state index contributed by atoms with van der Waals surface area (Å²) in [5.41, 5.74) is 0.558. The van der Waals surface area contributed by atoms with Crippen molar-refractivity contribution in [2.45, 2.75) is 115 Å². The summed E-state index contributed by atoms with van der Waals surface area (Å²) in [5, 5.41) is 0. The maximum Gasteiger partial charge on any atom is 0.339 e. The zero-order valence-electron chi connectivity index (χ0n) is 18.1. The molecule has 0 heterocycles. The minimum atomic E-state index is -0.258. The fourth-order valence-electron chi connectivity index (χ4n) is 3.54. The van der Waals surface area contributed by atoms with Crippen LogP contribution in [0.5, 0.6) is 0 Å². The third-order valence-electron chi connectivity index (χ3n) is 5.36. The van der Waals surface area contributed by atoms with Crippen molar-refractivity contribution in [3.63, 3.8) is 0 Å². The van der Waals surface area contributed by atoms with Gasteiger partial charge in [0.15, 0.2) is 0 Å². The lowest BCUT2D eigenvalue weighted by Gasteiger charge is -2.06. The molecule has 0 aliphatic rings. The summed E-state index contributed by atoms with van der Waals surface area (Å²) in [6.45, 7) is 2.79. The zero-order valence-corrected chi connectivity index (χ0v) is 19.0. The molecule has 0 saturated carbocycles. The molecule has 0 aromatic heterocycles. The summed E-state index contributed by atoms with van der Waals surface area (Å²) in [4.78, 5) is 12.6. The second-order valence-corrected chi connectivity index (χ2v) is 8.44. The van der Waals surface area contributed by atoms with E-state index in [1.807, 2.05) is 18.2 Å². The van der Waals surface area contributed by atoms with Gasteiger partial charge in [-0.15, -0.1) is 12.6 Å². The molecule has 0 bridgehead atoms. The highest BCUT2D eigenvalue weighted by Crippen LogP contribution is 2.15. The van der Waals surface area contributed by atoms with E-state index in [1.54, 1.807) is 6.07 Å². The highest BCUT2D eigenvalue weighted by Gasteiger charge is 2.09. The summed E-state index contributed by atoms with van der Waals surface area (Å²) < 4.78 is 5.34. The van der Waals surface area contributed by atoms with E-state index in [9.17, 15) is 4.79 Å². The second-order valence-electron chi connectivity index (χ2n) is 7.96. The van der Waals surface area contributed by atoms with Gasteiger partial charge >= 0.3 is 5.97 Å². The lowest BCUT2D eigenvalue weighted by molar-refractivity contribution is 0.0493. The summed E-state index contributed by atoms with van der Waals surface area (Å²) in [7, 11) is 0. The van der Waals surface area contributed by atoms with E-state index < -0.39 is 0 Å². The molecule has 0 amide bonds. The Balaban J connectivity index is 1.80. The molecule has 1 aromatic rings. The van der Waals surface area contributed by atoms with Crippen molar-refractivity contribution >= 4 is 18.6 Å². The number of thiol groups is 1. The molecule has 0 fully saturated rings. The molecule has 0 spiro atoms. The number of ether oxygens (including phenoxy) is 1. The van der Waals surface area contributed by atoms with E-state index in [0.29, 0.717) is 17.1 Å². The van der Waals surface area contributed by atoms with Gasteiger partial charge in [0.1, 0.15) is 0 Å². The normalized spacial score (nSPS) is 10.9. The van der Waals surface area contributed by atoms with Crippen molar-refractivity contribution in [3.8, 4) is 0 Å². The number of hydrogen-bond donors (Lipinski definition) is 1. The number of benzene rings is 1. The molecule has 0 radical (unpaired) electrons. The summed E-state index contributed by atoms with van der Waals surface area (Å²) >= 11 is 4.29. The van der Waals surface area contributed by atoms with Crippen molar-refractivity contribution in [1.82, 2.24) is 0 Å². The molecule has 3 heteroatoms. The van der Waals surface area contributed by atoms with Gasteiger partial charge in [-0.2, -0.15) is 0 Å². The summed E-state index contributed by atoms with van der Waals surface area (Å²) in [6, 6.07) is 7.28. The van der Waals surface area contributed by atoms with Crippen LogP contribution in [0, 0.1) is 0 Å². The fraction of sp³-hybridized carbons (Fsp3) is 0.720. The van der Waals surface area contributed by atoms with Crippen molar-refractivity contribution in [3.05, 3.63) is 29.8 Å². The van der Waals surface area contributed by atoms with Crippen LogP contribution in [-0.2, 0) is 4.74 Å². The number of unbranched alkanes of at least 4 members (excludes halogenated alkanes) is 15. The van der Waals surface area contributed by atoms with Gasteiger partial charge in [-0.3, -0.25) is 0 Å². The molecule has 0 atom stereocenters. The van der Waals surface area contributed by atoms with E-state index in [1.165, 1.54) is 89.9 Å². The SMILES string of the molecule is CCCCCCCCCCCCCCCCCCOC(=O)c1ccccc1S.